The highest BCUT2D eigenvalue weighted by Crippen LogP contribution is 2.17. The van der Waals surface area contributed by atoms with Gasteiger partial charge in [-0.1, -0.05) is 0 Å². The second-order valence-corrected chi connectivity index (χ2v) is 3.40. The van der Waals surface area contributed by atoms with E-state index in [0.717, 1.165) is 12.1 Å². The van der Waals surface area contributed by atoms with Crippen LogP contribution in [0.15, 0.2) is 18.2 Å². The number of benzene rings is 1. The Morgan fingerprint density at radius 1 is 1.47 bits per heavy atom. The van der Waals surface area contributed by atoms with Crippen LogP contribution in [0.1, 0.15) is 0 Å². The third kappa shape index (κ3) is 3.99. The molecule has 6 heteroatoms. The molecule has 0 atom stereocenters. The maximum absolute atomic E-state index is 13.1. The molecule has 0 bridgehead atoms. The Labute approximate surface area is 97.4 Å². The van der Waals surface area contributed by atoms with Gasteiger partial charge in [0.2, 0.25) is 0 Å². The van der Waals surface area contributed by atoms with Crippen LogP contribution < -0.4 is 4.74 Å². The van der Waals surface area contributed by atoms with Crippen LogP contribution in [0.2, 0.25) is 0 Å². The quantitative estimate of drug-likeness (QED) is 0.834. The smallest absolute Gasteiger partial charge is 0.260 e. The molecule has 0 saturated heterocycles. The van der Waals surface area contributed by atoms with Crippen molar-refractivity contribution in [1.29, 1.82) is 0 Å². The predicted octanol–water partition coefficient (Wildman–Crippen LogP) is 0.794. The number of likely N-dealkylation sites (N-methyl/N-ethyl adjacent to an activating group) is 1. The standard InChI is InChI=1S/C11H13F2NO3/c1-14(4-5-15)11(16)7-17-10-3-2-8(12)6-9(10)13/h2-3,6,15H,4-5,7H2,1H3. The summed E-state index contributed by atoms with van der Waals surface area (Å²) in [7, 11) is 1.49. The van der Waals surface area contributed by atoms with Crippen molar-refractivity contribution in [3.05, 3.63) is 29.8 Å². The topological polar surface area (TPSA) is 49.8 Å². The molecule has 0 aliphatic heterocycles. The van der Waals surface area contributed by atoms with Gasteiger partial charge in [-0.25, -0.2) is 8.78 Å². The molecule has 17 heavy (non-hydrogen) atoms. The van der Waals surface area contributed by atoms with Crippen molar-refractivity contribution in [1.82, 2.24) is 4.90 Å². The first-order chi connectivity index (χ1) is 8.04. The fourth-order valence-corrected chi connectivity index (χ4v) is 1.12. The van der Waals surface area contributed by atoms with Gasteiger partial charge in [0.05, 0.1) is 6.61 Å². The number of carbonyl (C=O) groups is 1. The van der Waals surface area contributed by atoms with E-state index in [1.165, 1.54) is 11.9 Å². The fourth-order valence-electron chi connectivity index (χ4n) is 1.12. The van der Waals surface area contributed by atoms with Gasteiger partial charge in [-0.15, -0.1) is 0 Å². The zero-order valence-corrected chi connectivity index (χ0v) is 9.32. The number of ether oxygens (including phenoxy) is 1. The third-order valence-corrected chi connectivity index (χ3v) is 2.11. The number of halogens is 2. The number of carbonyl (C=O) groups excluding carboxylic acids is 1. The molecule has 0 aromatic heterocycles. The number of hydrogen-bond acceptors (Lipinski definition) is 3. The third-order valence-electron chi connectivity index (χ3n) is 2.11. The molecule has 1 aromatic rings. The summed E-state index contributed by atoms with van der Waals surface area (Å²) < 4.78 is 30.6. The maximum atomic E-state index is 13.1. The highest BCUT2D eigenvalue weighted by molar-refractivity contribution is 5.77. The van der Waals surface area contributed by atoms with Crippen LogP contribution in [0.25, 0.3) is 0 Å². The largest absolute Gasteiger partial charge is 0.481 e. The summed E-state index contributed by atoms with van der Waals surface area (Å²) in [5.74, 6) is -2.15. The molecular weight excluding hydrogens is 232 g/mol. The lowest BCUT2D eigenvalue weighted by molar-refractivity contribution is -0.132. The van der Waals surface area contributed by atoms with Crippen LogP contribution in [0, 0.1) is 11.6 Å². The van der Waals surface area contributed by atoms with Crippen molar-refractivity contribution in [2.75, 3.05) is 26.8 Å². The van der Waals surface area contributed by atoms with E-state index in [1.807, 2.05) is 0 Å². The molecule has 0 aliphatic rings. The molecule has 0 unspecified atom stereocenters. The van der Waals surface area contributed by atoms with Gasteiger partial charge in [0.1, 0.15) is 5.82 Å². The van der Waals surface area contributed by atoms with Gasteiger partial charge < -0.3 is 14.7 Å². The zero-order valence-electron chi connectivity index (χ0n) is 9.32. The molecule has 4 nitrogen and oxygen atoms in total. The second kappa shape index (κ2) is 6.15. The van der Waals surface area contributed by atoms with Crippen LogP contribution in [-0.2, 0) is 4.79 Å². The Kier molecular flexibility index (Phi) is 4.84. The SMILES string of the molecule is CN(CCO)C(=O)COc1ccc(F)cc1F. The average Bonchev–Trinajstić information content (AvgIpc) is 2.27. The second-order valence-electron chi connectivity index (χ2n) is 3.40. The Bertz CT molecular complexity index is 398. The van der Waals surface area contributed by atoms with Crippen LogP contribution in [0.3, 0.4) is 0 Å². The number of amides is 1. The van der Waals surface area contributed by atoms with Crippen molar-refractivity contribution in [2.24, 2.45) is 0 Å². The molecule has 0 heterocycles. The van der Waals surface area contributed by atoms with Crippen LogP contribution >= 0.6 is 0 Å². The number of nitrogens with zero attached hydrogens (tertiary/aromatic N) is 1. The lowest BCUT2D eigenvalue weighted by Gasteiger charge is -2.16. The molecule has 0 spiro atoms. The van der Waals surface area contributed by atoms with Crippen molar-refractivity contribution in [3.8, 4) is 5.75 Å². The van der Waals surface area contributed by atoms with Crippen molar-refractivity contribution in [3.63, 3.8) is 0 Å². The lowest BCUT2D eigenvalue weighted by Crippen LogP contribution is -2.33. The molecule has 1 rings (SSSR count). The van der Waals surface area contributed by atoms with Gasteiger partial charge in [0.25, 0.3) is 5.91 Å². The van der Waals surface area contributed by atoms with Crippen molar-refractivity contribution >= 4 is 5.91 Å². The Balaban J connectivity index is 2.53. The Morgan fingerprint density at radius 3 is 2.76 bits per heavy atom. The summed E-state index contributed by atoms with van der Waals surface area (Å²) in [6.07, 6.45) is 0. The maximum Gasteiger partial charge on any atom is 0.260 e. The highest BCUT2D eigenvalue weighted by Gasteiger charge is 2.11. The normalized spacial score (nSPS) is 10.1. The van der Waals surface area contributed by atoms with E-state index < -0.39 is 17.5 Å². The van der Waals surface area contributed by atoms with Crippen molar-refractivity contribution < 1.29 is 23.4 Å². The molecule has 1 N–H and O–H groups in total. The molecule has 0 fully saturated rings. The predicted molar refractivity (Wildman–Crippen MR) is 56.6 cm³/mol. The van der Waals surface area contributed by atoms with Crippen LogP contribution in [0.5, 0.6) is 5.75 Å². The monoisotopic (exact) mass is 245 g/mol. The summed E-state index contributed by atoms with van der Waals surface area (Å²) in [4.78, 5) is 12.6. The number of aliphatic hydroxyl groups is 1. The zero-order chi connectivity index (χ0) is 12.8. The Morgan fingerprint density at radius 2 is 2.18 bits per heavy atom. The number of hydrogen-bond donors (Lipinski definition) is 1. The molecule has 1 aromatic carbocycles. The lowest BCUT2D eigenvalue weighted by atomic mass is 10.3. The van der Waals surface area contributed by atoms with E-state index >= 15 is 0 Å². The molecule has 94 valence electrons. The van der Waals surface area contributed by atoms with Gasteiger partial charge in [0, 0.05) is 19.7 Å². The van der Waals surface area contributed by atoms with Crippen LogP contribution in [0.4, 0.5) is 8.78 Å². The Hall–Kier alpha value is -1.69. The first kappa shape index (κ1) is 13.4. The van der Waals surface area contributed by atoms with Gasteiger partial charge >= 0.3 is 0 Å². The van der Waals surface area contributed by atoms with Gasteiger partial charge in [0.15, 0.2) is 18.2 Å². The van der Waals surface area contributed by atoms with Crippen molar-refractivity contribution in [2.45, 2.75) is 0 Å². The first-order valence-electron chi connectivity index (χ1n) is 4.97. The van der Waals surface area contributed by atoms with E-state index in [1.54, 1.807) is 0 Å². The minimum atomic E-state index is -0.859. The van der Waals surface area contributed by atoms with E-state index in [0.29, 0.717) is 6.07 Å². The van der Waals surface area contributed by atoms with Gasteiger partial charge in [-0.05, 0) is 12.1 Å². The number of rotatable bonds is 5. The first-order valence-corrected chi connectivity index (χ1v) is 4.97. The van der Waals surface area contributed by atoms with Crippen LogP contribution in [-0.4, -0.2) is 42.7 Å². The summed E-state index contributed by atoms with van der Waals surface area (Å²) in [6.45, 7) is -0.347. The minimum absolute atomic E-state index is 0.160. The molecule has 1 amide bonds. The molecule has 0 radical (unpaired) electrons. The summed E-state index contributed by atoms with van der Waals surface area (Å²) in [6, 6.07) is 2.83. The summed E-state index contributed by atoms with van der Waals surface area (Å²) in [5, 5.41) is 8.61. The van der Waals surface area contributed by atoms with E-state index in [4.69, 9.17) is 9.84 Å². The average molecular weight is 245 g/mol. The van der Waals surface area contributed by atoms with E-state index in [9.17, 15) is 13.6 Å². The highest BCUT2D eigenvalue weighted by atomic mass is 19.1. The molecule has 0 aliphatic carbocycles. The molecular formula is C11H13F2NO3. The van der Waals surface area contributed by atoms with Gasteiger partial charge in [-0.2, -0.15) is 0 Å². The summed E-state index contributed by atoms with van der Waals surface area (Å²) in [5.41, 5.74) is 0. The van der Waals surface area contributed by atoms with Gasteiger partial charge in [-0.3, -0.25) is 4.79 Å². The minimum Gasteiger partial charge on any atom is -0.481 e. The molecule has 0 saturated carbocycles. The summed E-state index contributed by atoms with van der Waals surface area (Å²) >= 11 is 0. The van der Waals surface area contributed by atoms with E-state index in [-0.39, 0.29) is 25.5 Å². The van der Waals surface area contributed by atoms with E-state index in [2.05, 4.69) is 0 Å². The fraction of sp³-hybridized carbons (Fsp3) is 0.364. The number of aliphatic hydroxyl groups excluding tert-OH is 1.